The van der Waals surface area contributed by atoms with Gasteiger partial charge in [0.15, 0.2) is 11.5 Å². The van der Waals surface area contributed by atoms with Crippen LogP contribution in [0.3, 0.4) is 0 Å². The third kappa shape index (κ3) is 3.86. The highest BCUT2D eigenvalue weighted by Crippen LogP contribution is 2.40. The van der Waals surface area contributed by atoms with Crippen LogP contribution in [-0.2, 0) is 0 Å². The Morgan fingerprint density at radius 2 is 1.45 bits per heavy atom. The van der Waals surface area contributed by atoms with Gasteiger partial charge in [0.2, 0.25) is 0 Å². The van der Waals surface area contributed by atoms with Crippen LogP contribution in [-0.4, -0.2) is 26.8 Å². The molecule has 1 aliphatic rings. The summed E-state index contributed by atoms with van der Waals surface area (Å²) in [5.41, 5.74) is 3.53. The standard InChI is InChI=1S/C25H24N2O2/c1-3-18-29-23-15-14-20(19-24(23)28-2)25-26(21-10-6-4-7-11-21)16-17-27(25)22-12-8-5-9-13-22/h1,4-15,19,25H,16-18H2,2H3. The molecule has 4 rings (SSSR count). The van der Waals surface area contributed by atoms with Crippen molar-refractivity contribution in [3.8, 4) is 23.8 Å². The molecule has 3 aromatic rings. The van der Waals surface area contributed by atoms with Crippen molar-refractivity contribution in [2.45, 2.75) is 6.17 Å². The maximum absolute atomic E-state index is 5.63. The zero-order chi connectivity index (χ0) is 20.1. The highest BCUT2D eigenvalue weighted by Gasteiger charge is 2.34. The molecule has 29 heavy (non-hydrogen) atoms. The van der Waals surface area contributed by atoms with Crippen LogP contribution in [0.2, 0.25) is 0 Å². The summed E-state index contributed by atoms with van der Waals surface area (Å²) in [5, 5.41) is 0. The number of hydrogen-bond donors (Lipinski definition) is 0. The fourth-order valence-corrected chi connectivity index (χ4v) is 3.85. The highest BCUT2D eigenvalue weighted by atomic mass is 16.5. The Labute approximate surface area is 172 Å². The van der Waals surface area contributed by atoms with E-state index in [1.165, 1.54) is 11.4 Å². The number of nitrogens with zero attached hydrogens (tertiary/aromatic N) is 2. The predicted molar refractivity (Wildman–Crippen MR) is 118 cm³/mol. The van der Waals surface area contributed by atoms with Crippen molar-refractivity contribution in [1.29, 1.82) is 0 Å². The molecule has 4 nitrogen and oxygen atoms in total. The molecule has 1 aliphatic heterocycles. The Bertz CT molecular complexity index is 935. The zero-order valence-corrected chi connectivity index (χ0v) is 16.5. The molecular weight excluding hydrogens is 360 g/mol. The van der Waals surface area contributed by atoms with E-state index in [0.29, 0.717) is 11.5 Å². The number of benzene rings is 3. The van der Waals surface area contributed by atoms with Crippen LogP contribution in [0.25, 0.3) is 0 Å². The van der Waals surface area contributed by atoms with Crippen LogP contribution in [0.5, 0.6) is 11.5 Å². The van der Waals surface area contributed by atoms with Crippen LogP contribution < -0.4 is 19.3 Å². The number of ether oxygens (including phenoxy) is 2. The molecule has 3 aromatic carbocycles. The summed E-state index contributed by atoms with van der Waals surface area (Å²) in [7, 11) is 1.65. The summed E-state index contributed by atoms with van der Waals surface area (Å²) in [5.74, 6) is 3.84. The minimum atomic E-state index is 0.0513. The fourth-order valence-electron chi connectivity index (χ4n) is 3.85. The van der Waals surface area contributed by atoms with Crippen molar-refractivity contribution < 1.29 is 9.47 Å². The SMILES string of the molecule is C#CCOc1ccc(C2N(c3ccccc3)CCN2c2ccccc2)cc1OC. The van der Waals surface area contributed by atoms with Gasteiger partial charge in [-0.3, -0.25) is 0 Å². The van der Waals surface area contributed by atoms with Crippen molar-refractivity contribution in [2.24, 2.45) is 0 Å². The third-order valence-electron chi connectivity index (χ3n) is 5.14. The summed E-state index contributed by atoms with van der Waals surface area (Å²) in [4.78, 5) is 4.84. The molecule has 0 radical (unpaired) electrons. The molecule has 1 saturated heterocycles. The van der Waals surface area contributed by atoms with Gasteiger partial charge in [-0.1, -0.05) is 48.4 Å². The average Bonchev–Trinajstić information content (AvgIpc) is 3.24. The normalized spacial score (nSPS) is 13.9. The number of hydrogen-bond acceptors (Lipinski definition) is 4. The van der Waals surface area contributed by atoms with Crippen molar-refractivity contribution in [3.63, 3.8) is 0 Å². The van der Waals surface area contributed by atoms with Gasteiger partial charge in [0.05, 0.1) is 7.11 Å². The molecule has 0 aromatic heterocycles. The molecule has 1 fully saturated rings. The first-order valence-corrected chi connectivity index (χ1v) is 9.69. The predicted octanol–water partition coefficient (Wildman–Crippen LogP) is 4.73. The Morgan fingerprint density at radius 3 is 1.97 bits per heavy atom. The van der Waals surface area contributed by atoms with Gasteiger partial charge in [0, 0.05) is 24.5 Å². The van der Waals surface area contributed by atoms with E-state index in [1.807, 2.05) is 24.3 Å². The second-order valence-electron chi connectivity index (χ2n) is 6.83. The van der Waals surface area contributed by atoms with Crippen molar-refractivity contribution >= 4 is 11.4 Å². The second-order valence-corrected chi connectivity index (χ2v) is 6.83. The molecule has 146 valence electrons. The molecule has 0 amide bonds. The monoisotopic (exact) mass is 384 g/mol. The maximum atomic E-state index is 5.63. The van der Waals surface area contributed by atoms with Crippen LogP contribution >= 0.6 is 0 Å². The van der Waals surface area contributed by atoms with Gasteiger partial charge in [-0.25, -0.2) is 0 Å². The van der Waals surface area contributed by atoms with E-state index in [1.54, 1.807) is 7.11 Å². The minimum Gasteiger partial charge on any atom is -0.493 e. The highest BCUT2D eigenvalue weighted by molar-refractivity contribution is 5.60. The molecule has 4 heteroatoms. The Hall–Kier alpha value is -3.58. The maximum Gasteiger partial charge on any atom is 0.162 e. The van der Waals surface area contributed by atoms with E-state index in [9.17, 15) is 0 Å². The second kappa shape index (κ2) is 8.62. The lowest BCUT2D eigenvalue weighted by Crippen LogP contribution is -2.30. The average molecular weight is 384 g/mol. The van der Waals surface area contributed by atoms with Gasteiger partial charge in [-0.2, -0.15) is 0 Å². The zero-order valence-electron chi connectivity index (χ0n) is 16.5. The van der Waals surface area contributed by atoms with Crippen LogP contribution in [0.1, 0.15) is 11.7 Å². The Morgan fingerprint density at radius 1 is 0.862 bits per heavy atom. The lowest BCUT2D eigenvalue weighted by Gasteiger charge is -2.33. The minimum absolute atomic E-state index is 0.0513. The lowest BCUT2D eigenvalue weighted by atomic mass is 10.1. The summed E-state index contributed by atoms with van der Waals surface area (Å²) < 4.78 is 11.2. The summed E-state index contributed by atoms with van der Waals surface area (Å²) in [6.07, 6.45) is 5.38. The molecule has 0 aliphatic carbocycles. The number of para-hydroxylation sites is 2. The van der Waals surface area contributed by atoms with Crippen LogP contribution in [0, 0.1) is 12.3 Å². The van der Waals surface area contributed by atoms with Gasteiger partial charge >= 0.3 is 0 Å². The van der Waals surface area contributed by atoms with Gasteiger partial charge in [0.25, 0.3) is 0 Å². The molecule has 1 heterocycles. The number of rotatable bonds is 6. The van der Waals surface area contributed by atoms with E-state index in [2.05, 4.69) is 70.3 Å². The van der Waals surface area contributed by atoms with Gasteiger partial charge < -0.3 is 19.3 Å². The van der Waals surface area contributed by atoms with E-state index in [4.69, 9.17) is 15.9 Å². The molecule has 0 spiro atoms. The smallest absolute Gasteiger partial charge is 0.162 e. The molecule has 0 saturated carbocycles. The summed E-state index contributed by atoms with van der Waals surface area (Å²) in [6.45, 7) is 2.08. The number of methoxy groups -OCH3 is 1. The van der Waals surface area contributed by atoms with E-state index >= 15 is 0 Å². The topological polar surface area (TPSA) is 24.9 Å². The largest absolute Gasteiger partial charge is 0.493 e. The van der Waals surface area contributed by atoms with E-state index in [0.717, 1.165) is 18.7 Å². The van der Waals surface area contributed by atoms with Gasteiger partial charge in [0.1, 0.15) is 12.8 Å². The molecule has 0 atom stereocenters. The first-order chi connectivity index (χ1) is 14.3. The van der Waals surface area contributed by atoms with E-state index in [-0.39, 0.29) is 12.8 Å². The van der Waals surface area contributed by atoms with Crippen molar-refractivity contribution in [2.75, 3.05) is 36.6 Å². The van der Waals surface area contributed by atoms with Crippen LogP contribution in [0.15, 0.2) is 78.9 Å². The molecule has 0 unspecified atom stereocenters. The fraction of sp³-hybridized carbons (Fsp3) is 0.200. The Kier molecular flexibility index (Phi) is 5.58. The third-order valence-corrected chi connectivity index (χ3v) is 5.14. The van der Waals surface area contributed by atoms with Crippen LogP contribution in [0.4, 0.5) is 11.4 Å². The quantitative estimate of drug-likeness (QED) is 0.574. The molecule has 0 bridgehead atoms. The first kappa shape index (κ1) is 18.8. The van der Waals surface area contributed by atoms with Gasteiger partial charge in [-0.15, -0.1) is 6.42 Å². The Balaban J connectivity index is 1.75. The number of anilines is 2. The lowest BCUT2D eigenvalue weighted by molar-refractivity contribution is 0.330. The van der Waals surface area contributed by atoms with E-state index < -0.39 is 0 Å². The number of terminal acetylenes is 1. The van der Waals surface area contributed by atoms with Crippen molar-refractivity contribution in [3.05, 3.63) is 84.4 Å². The summed E-state index contributed by atoms with van der Waals surface area (Å²) >= 11 is 0. The molecular formula is C25H24N2O2. The molecule has 0 N–H and O–H groups in total. The van der Waals surface area contributed by atoms with Crippen molar-refractivity contribution in [1.82, 2.24) is 0 Å². The first-order valence-electron chi connectivity index (χ1n) is 9.69. The van der Waals surface area contributed by atoms with Gasteiger partial charge in [-0.05, 0) is 42.0 Å². The summed E-state index contributed by atoms with van der Waals surface area (Å²) in [6, 6.07) is 27.1.